The molecular formula is C6H10N8O8. The van der Waals surface area contributed by atoms with Crippen LogP contribution in [0, 0.1) is 40.5 Å². The van der Waals surface area contributed by atoms with E-state index >= 15 is 0 Å². The zero-order chi connectivity index (χ0) is 16.7. The van der Waals surface area contributed by atoms with Crippen molar-refractivity contribution in [2.75, 3.05) is 19.8 Å². The zero-order valence-electron chi connectivity index (χ0n) is 10.7. The molecule has 16 heteroatoms. The zero-order valence-corrected chi connectivity index (χ0v) is 10.7. The van der Waals surface area contributed by atoms with Gasteiger partial charge in [0.25, 0.3) is 0 Å². The average molecular weight is 322 g/mol. The van der Waals surface area contributed by atoms with Crippen LogP contribution in [-0.4, -0.2) is 67.7 Å². The van der Waals surface area contributed by atoms with Gasteiger partial charge in [-0.25, -0.2) is 25.5 Å². The molecule has 3 unspecified atom stereocenters. The van der Waals surface area contributed by atoms with Crippen molar-refractivity contribution in [3.63, 3.8) is 0 Å². The predicted octanol–water partition coefficient (Wildman–Crippen LogP) is -2.96. The van der Waals surface area contributed by atoms with Crippen LogP contribution in [0.15, 0.2) is 0 Å². The molecule has 0 radical (unpaired) electrons. The van der Waals surface area contributed by atoms with Gasteiger partial charge in [0.15, 0.2) is 10.1 Å². The van der Waals surface area contributed by atoms with E-state index < -0.39 is 57.7 Å². The molecule has 122 valence electrons. The second kappa shape index (κ2) is 5.15. The maximum Gasteiger partial charge on any atom is 0.328 e. The molecule has 0 saturated carbocycles. The van der Waals surface area contributed by atoms with Crippen LogP contribution in [0.1, 0.15) is 0 Å². The maximum atomic E-state index is 11.4. The molecule has 22 heavy (non-hydrogen) atoms. The Morgan fingerprint density at radius 1 is 1.05 bits per heavy atom. The molecule has 0 aromatic rings. The Balaban J connectivity index is 2.35. The average Bonchev–Trinajstić information content (AvgIpc) is 3.04. The second-order valence-electron chi connectivity index (χ2n) is 4.66. The van der Waals surface area contributed by atoms with Crippen molar-refractivity contribution in [3.05, 3.63) is 40.5 Å². The van der Waals surface area contributed by atoms with Crippen LogP contribution >= 0.6 is 0 Å². The number of nitrogens with zero attached hydrogens (tertiary/aromatic N) is 6. The normalized spacial score (nSPS) is 31.3. The van der Waals surface area contributed by atoms with Gasteiger partial charge in [-0.05, 0) is 0 Å². The smallest absolute Gasteiger partial charge is 0.262 e. The highest BCUT2D eigenvalue weighted by Crippen LogP contribution is 2.27. The summed E-state index contributed by atoms with van der Waals surface area (Å²) >= 11 is 0. The SMILES string of the molecule is O=[N+]([O-])C1NCC(C2CN([N+](=O)[O-])CN2[N+](=O)[O-])([N+](=O)[O-])N1. The fraction of sp³-hybridized carbons (Fsp3) is 1.00. The lowest BCUT2D eigenvalue weighted by Gasteiger charge is -2.25. The maximum absolute atomic E-state index is 11.4. The van der Waals surface area contributed by atoms with Gasteiger partial charge in [-0.2, -0.15) is 5.32 Å². The third kappa shape index (κ3) is 2.29. The number of hydrogen-bond donors (Lipinski definition) is 2. The van der Waals surface area contributed by atoms with Crippen LogP contribution in [0.4, 0.5) is 0 Å². The first-order valence-electron chi connectivity index (χ1n) is 5.78. The summed E-state index contributed by atoms with van der Waals surface area (Å²) in [7, 11) is 0. The van der Waals surface area contributed by atoms with Crippen molar-refractivity contribution in [1.82, 2.24) is 20.7 Å². The van der Waals surface area contributed by atoms with Crippen molar-refractivity contribution >= 4 is 0 Å². The van der Waals surface area contributed by atoms with Crippen LogP contribution in [-0.2, 0) is 0 Å². The van der Waals surface area contributed by atoms with E-state index in [9.17, 15) is 40.5 Å². The lowest BCUT2D eigenvalue weighted by atomic mass is 10.0. The molecule has 2 aliphatic rings. The number of hydrazine groups is 2. The molecule has 2 rings (SSSR count). The molecule has 0 aromatic heterocycles. The van der Waals surface area contributed by atoms with E-state index in [0.717, 1.165) is 0 Å². The topological polar surface area (TPSA) is 203 Å². The summed E-state index contributed by atoms with van der Waals surface area (Å²) < 4.78 is 0. The predicted molar refractivity (Wildman–Crippen MR) is 62.8 cm³/mol. The Morgan fingerprint density at radius 2 is 1.68 bits per heavy atom. The highest BCUT2D eigenvalue weighted by atomic mass is 16.7. The summed E-state index contributed by atoms with van der Waals surface area (Å²) in [6, 6.07) is -1.57. The quantitative estimate of drug-likeness (QED) is 0.385. The number of nitro groups is 4. The van der Waals surface area contributed by atoms with Gasteiger partial charge < -0.3 is 0 Å². The van der Waals surface area contributed by atoms with Crippen molar-refractivity contribution in [2.45, 2.75) is 18.0 Å². The van der Waals surface area contributed by atoms with Crippen molar-refractivity contribution < 1.29 is 19.9 Å². The minimum atomic E-state index is -2.30. The molecule has 2 heterocycles. The fourth-order valence-corrected chi connectivity index (χ4v) is 2.47. The highest BCUT2D eigenvalue weighted by Gasteiger charge is 2.67. The summed E-state index contributed by atoms with van der Waals surface area (Å²) in [4.78, 5) is 42.0. The van der Waals surface area contributed by atoms with Gasteiger partial charge in [0.05, 0.1) is 11.5 Å². The first-order valence-corrected chi connectivity index (χ1v) is 5.78. The first kappa shape index (κ1) is 15.5. The van der Waals surface area contributed by atoms with E-state index in [1.807, 2.05) is 0 Å². The summed E-state index contributed by atoms with van der Waals surface area (Å²) in [5.41, 5.74) is -2.30. The number of hydrogen-bond acceptors (Lipinski definition) is 10. The van der Waals surface area contributed by atoms with Crippen molar-refractivity contribution in [2.24, 2.45) is 0 Å². The van der Waals surface area contributed by atoms with Crippen LogP contribution in [0.5, 0.6) is 0 Å². The molecule has 2 fully saturated rings. The van der Waals surface area contributed by atoms with Gasteiger partial charge in [-0.15, -0.1) is 5.01 Å². The van der Waals surface area contributed by atoms with Gasteiger partial charge in [0, 0.05) is 4.92 Å². The molecule has 2 saturated heterocycles. The standard InChI is InChI=1S/C6H10N8O8/c15-11(16)5-7-2-6(8-5,12(17)18)4-1-9(13(19)20)3-10(4)14(21)22/h4-5,7-8H,1-3H2. The van der Waals surface area contributed by atoms with Gasteiger partial charge in [0.2, 0.25) is 12.7 Å². The second-order valence-corrected chi connectivity index (χ2v) is 4.66. The summed E-state index contributed by atoms with van der Waals surface area (Å²) in [6.45, 7) is -1.99. The summed E-state index contributed by atoms with van der Waals surface area (Å²) in [6.07, 6.45) is -1.68. The number of rotatable bonds is 5. The van der Waals surface area contributed by atoms with E-state index in [1.54, 1.807) is 0 Å². The van der Waals surface area contributed by atoms with Gasteiger partial charge in [-0.1, -0.05) is 5.01 Å². The van der Waals surface area contributed by atoms with Crippen molar-refractivity contribution in [3.8, 4) is 0 Å². The van der Waals surface area contributed by atoms with E-state index in [1.165, 1.54) is 0 Å². The highest BCUT2D eigenvalue weighted by molar-refractivity contribution is 4.99. The molecule has 0 amide bonds. The molecular weight excluding hydrogens is 312 g/mol. The third-order valence-electron chi connectivity index (χ3n) is 3.53. The Bertz CT molecular complexity index is 541. The molecule has 0 aliphatic carbocycles. The lowest BCUT2D eigenvalue weighted by Crippen LogP contribution is -2.66. The Kier molecular flexibility index (Phi) is 3.63. The minimum Gasteiger partial charge on any atom is -0.262 e. The van der Waals surface area contributed by atoms with Crippen LogP contribution in [0.25, 0.3) is 0 Å². The Hall–Kier alpha value is -2.88. The molecule has 0 bridgehead atoms. The monoisotopic (exact) mass is 322 g/mol. The largest absolute Gasteiger partial charge is 0.328 e. The Labute approximate surface area is 120 Å². The van der Waals surface area contributed by atoms with Crippen LogP contribution in [0.3, 0.4) is 0 Å². The van der Waals surface area contributed by atoms with Gasteiger partial charge in [0.1, 0.15) is 6.54 Å². The fourth-order valence-electron chi connectivity index (χ4n) is 2.47. The third-order valence-corrected chi connectivity index (χ3v) is 3.53. The number of nitrogens with one attached hydrogen (secondary N) is 2. The van der Waals surface area contributed by atoms with E-state index in [-0.39, 0.29) is 0 Å². The van der Waals surface area contributed by atoms with Crippen LogP contribution < -0.4 is 10.6 Å². The van der Waals surface area contributed by atoms with Crippen molar-refractivity contribution in [1.29, 1.82) is 0 Å². The summed E-state index contributed by atoms with van der Waals surface area (Å²) in [5.74, 6) is 0. The molecule has 0 spiro atoms. The molecule has 3 atom stereocenters. The first-order chi connectivity index (χ1) is 10.2. The van der Waals surface area contributed by atoms with Gasteiger partial charge >= 0.3 is 12.0 Å². The molecule has 2 aliphatic heterocycles. The van der Waals surface area contributed by atoms with Crippen LogP contribution in [0.2, 0.25) is 0 Å². The Morgan fingerprint density at radius 3 is 2.09 bits per heavy atom. The lowest BCUT2D eigenvalue weighted by molar-refractivity contribution is -0.700. The molecule has 2 N–H and O–H groups in total. The van der Waals surface area contributed by atoms with E-state index in [0.29, 0.717) is 10.0 Å². The summed E-state index contributed by atoms with van der Waals surface area (Å²) in [5, 5.41) is 47.0. The van der Waals surface area contributed by atoms with Gasteiger partial charge in [-0.3, -0.25) is 20.2 Å². The minimum absolute atomic E-state index is 0.322. The molecule has 16 nitrogen and oxygen atoms in total. The van der Waals surface area contributed by atoms with E-state index in [4.69, 9.17) is 0 Å². The molecule has 0 aromatic carbocycles. The van der Waals surface area contributed by atoms with E-state index in [2.05, 4.69) is 10.6 Å².